The summed E-state index contributed by atoms with van der Waals surface area (Å²) in [7, 11) is 0. The van der Waals surface area contributed by atoms with E-state index in [4.69, 9.17) is 9.84 Å². The van der Waals surface area contributed by atoms with Gasteiger partial charge in [-0.25, -0.2) is 9.59 Å². The lowest BCUT2D eigenvalue weighted by atomic mass is 9.89. The van der Waals surface area contributed by atoms with Crippen LogP contribution in [0.1, 0.15) is 41.6 Å². The van der Waals surface area contributed by atoms with Gasteiger partial charge in [-0.3, -0.25) is 0 Å². The van der Waals surface area contributed by atoms with Crippen molar-refractivity contribution in [2.45, 2.75) is 25.7 Å². The minimum atomic E-state index is -0.858. The molecule has 1 aliphatic heterocycles. The number of amides is 1. The second-order valence-electron chi connectivity index (χ2n) is 4.89. The normalized spacial score (nSPS) is 15.9. The highest BCUT2D eigenvalue weighted by Crippen LogP contribution is 2.28. The largest absolute Gasteiger partial charge is 0.465 e. The molecule has 108 valence electrons. The first kappa shape index (κ1) is 14.4. The van der Waals surface area contributed by atoms with Crippen LogP contribution in [0, 0.1) is 0 Å². The van der Waals surface area contributed by atoms with E-state index in [-0.39, 0.29) is 5.97 Å². The van der Waals surface area contributed by atoms with Crippen LogP contribution in [0.4, 0.5) is 4.79 Å². The molecule has 0 aliphatic carbocycles. The van der Waals surface area contributed by atoms with E-state index in [0.717, 1.165) is 18.4 Å². The average molecular weight is 277 g/mol. The maximum absolute atomic E-state index is 11.7. The molecular weight excluding hydrogens is 258 g/mol. The first-order valence-electron chi connectivity index (χ1n) is 6.86. The lowest BCUT2D eigenvalue weighted by Gasteiger charge is -2.30. The van der Waals surface area contributed by atoms with Gasteiger partial charge in [0.1, 0.15) is 0 Å². The van der Waals surface area contributed by atoms with Crippen LogP contribution < -0.4 is 0 Å². The molecule has 0 unspecified atom stereocenters. The van der Waals surface area contributed by atoms with Crippen molar-refractivity contribution in [1.29, 1.82) is 0 Å². The maximum Gasteiger partial charge on any atom is 0.407 e. The van der Waals surface area contributed by atoms with E-state index >= 15 is 0 Å². The van der Waals surface area contributed by atoms with Gasteiger partial charge >= 0.3 is 12.1 Å². The predicted molar refractivity (Wildman–Crippen MR) is 74.0 cm³/mol. The Kier molecular flexibility index (Phi) is 4.61. The number of esters is 1. The summed E-state index contributed by atoms with van der Waals surface area (Å²) in [5.74, 6) is -0.00250. The van der Waals surface area contributed by atoms with E-state index in [1.54, 1.807) is 13.0 Å². The summed E-state index contributed by atoms with van der Waals surface area (Å²) in [5, 5.41) is 8.94. The van der Waals surface area contributed by atoms with E-state index in [0.29, 0.717) is 31.2 Å². The van der Waals surface area contributed by atoms with E-state index in [1.807, 2.05) is 18.2 Å². The highest BCUT2D eigenvalue weighted by Gasteiger charge is 2.23. The minimum Gasteiger partial charge on any atom is -0.465 e. The number of carbonyl (C=O) groups is 2. The van der Waals surface area contributed by atoms with Crippen LogP contribution in [-0.2, 0) is 4.74 Å². The second-order valence-corrected chi connectivity index (χ2v) is 4.89. The topological polar surface area (TPSA) is 66.8 Å². The second kappa shape index (κ2) is 6.41. The van der Waals surface area contributed by atoms with Crippen molar-refractivity contribution >= 4 is 12.1 Å². The number of ether oxygens (including phenoxy) is 1. The van der Waals surface area contributed by atoms with E-state index in [1.165, 1.54) is 4.90 Å². The molecule has 5 heteroatoms. The molecule has 20 heavy (non-hydrogen) atoms. The van der Waals surface area contributed by atoms with Gasteiger partial charge in [-0.1, -0.05) is 12.1 Å². The third kappa shape index (κ3) is 3.29. The quantitative estimate of drug-likeness (QED) is 0.863. The standard InChI is InChI=1S/C15H19NO4/c1-2-20-14(17)13-5-3-4-12(10-13)11-6-8-16(9-7-11)15(18)19/h3-5,10-11H,2,6-9H2,1H3,(H,18,19). The van der Waals surface area contributed by atoms with E-state index in [9.17, 15) is 9.59 Å². The molecule has 2 rings (SSSR count). The Hall–Kier alpha value is -2.04. The Bertz CT molecular complexity index is 492. The lowest BCUT2D eigenvalue weighted by Crippen LogP contribution is -2.36. The van der Waals surface area contributed by atoms with Crippen LogP contribution in [0.3, 0.4) is 0 Å². The summed E-state index contributed by atoms with van der Waals surface area (Å²) in [6, 6.07) is 7.45. The van der Waals surface area contributed by atoms with E-state index in [2.05, 4.69) is 0 Å². The molecule has 0 radical (unpaired) electrons. The molecule has 5 nitrogen and oxygen atoms in total. The predicted octanol–water partition coefficient (Wildman–Crippen LogP) is 2.72. The van der Waals surface area contributed by atoms with Gasteiger partial charge in [0, 0.05) is 13.1 Å². The van der Waals surface area contributed by atoms with Gasteiger partial charge in [0.15, 0.2) is 0 Å². The SMILES string of the molecule is CCOC(=O)c1cccc(C2CCN(C(=O)O)CC2)c1. The molecular formula is C15H19NO4. The smallest absolute Gasteiger partial charge is 0.407 e. The van der Waals surface area contributed by atoms with Crippen molar-refractivity contribution in [2.24, 2.45) is 0 Å². The molecule has 1 heterocycles. The molecule has 1 aromatic rings. The molecule has 1 amide bonds. The summed E-state index contributed by atoms with van der Waals surface area (Å²) in [6.07, 6.45) is 0.723. The van der Waals surface area contributed by atoms with Crippen molar-refractivity contribution in [3.8, 4) is 0 Å². The Labute approximate surface area is 118 Å². The summed E-state index contributed by atoms with van der Waals surface area (Å²) < 4.78 is 4.99. The van der Waals surface area contributed by atoms with Crippen LogP contribution >= 0.6 is 0 Å². The highest BCUT2D eigenvalue weighted by molar-refractivity contribution is 5.89. The number of likely N-dealkylation sites (tertiary alicyclic amines) is 1. The number of benzene rings is 1. The molecule has 1 aromatic carbocycles. The molecule has 0 bridgehead atoms. The van der Waals surface area contributed by atoms with Crippen molar-refractivity contribution < 1.29 is 19.4 Å². The number of rotatable bonds is 3. The maximum atomic E-state index is 11.7. The summed E-state index contributed by atoms with van der Waals surface area (Å²) >= 11 is 0. The van der Waals surface area contributed by atoms with E-state index < -0.39 is 6.09 Å². The molecule has 0 spiro atoms. The monoisotopic (exact) mass is 277 g/mol. The molecule has 0 aromatic heterocycles. The van der Waals surface area contributed by atoms with Gasteiger partial charge in [-0.15, -0.1) is 0 Å². The third-order valence-electron chi connectivity index (χ3n) is 3.63. The van der Waals surface area contributed by atoms with Crippen LogP contribution in [0.2, 0.25) is 0 Å². The molecule has 0 atom stereocenters. The van der Waals surface area contributed by atoms with Gasteiger partial charge in [0.25, 0.3) is 0 Å². The molecule has 1 aliphatic rings. The van der Waals surface area contributed by atoms with Crippen molar-refractivity contribution in [3.05, 3.63) is 35.4 Å². The average Bonchev–Trinajstić information content (AvgIpc) is 2.48. The van der Waals surface area contributed by atoms with Gasteiger partial charge in [0.2, 0.25) is 0 Å². The lowest BCUT2D eigenvalue weighted by molar-refractivity contribution is 0.0526. The highest BCUT2D eigenvalue weighted by atomic mass is 16.5. The van der Waals surface area contributed by atoms with Gasteiger partial charge < -0.3 is 14.7 Å². The number of piperidine rings is 1. The Morgan fingerprint density at radius 3 is 2.65 bits per heavy atom. The first-order chi connectivity index (χ1) is 9.61. The first-order valence-corrected chi connectivity index (χ1v) is 6.86. The van der Waals surface area contributed by atoms with Crippen molar-refractivity contribution in [3.63, 3.8) is 0 Å². The van der Waals surface area contributed by atoms with Crippen LogP contribution in [0.15, 0.2) is 24.3 Å². The fourth-order valence-corrected chi connectivity index (χ4v) is 2.54. The molecule has 1 N–H and O–H groups in total. The van der Waals surface area contributed by atoms with Crippen molar-refractivity contribution in [2.75, 3.05) is 19.7 Å². The van der Waals surface area contributed by atoms with Crippen LogP contribution in [0.5, 0.6) is 0 Å². The Morgan fingerprint density at radius 2 is 2.05 bits per heavy atom. The fraction of sp³-hybridized carbons (Fsp3) is 0.467. The van der Waals surface area contributed by atoms with Crippen molar-refractivity contribution in [1.82, 2.24) is 4.90 Å². The zero-order valence-corrected chi connectivity index (χ0v) is 11.5. The number of carboxylic acid groups (broad SMARTS) is 1. The zero-order chi connectivity index (χ0) is 14.5. The fourth-order valence-electron chi connectivity index (χ4n) is 2.54. The minimum absolute atomic E-state index is 0.306. The molecule has 0 saturated carbocycles. The third-order valence-corrected chi connectivity index (χ3v) is 3.63. The number of hydrogen-bond acceptors (Lipinski definition) is 3. The van der Waals surface area contributed by atoms with Gasteiger partial charge in [0.05, 0.1) is 12.2 Å². The van der Waals surface area contributed by atoms with Crippen LogP contribution in [-0.4, -0.2) is 41.8 Å². The summed E-state index contributed by atoms with van der Waals surface area (Å²) in [6.45, 7) is 3.23. The van der Waals surface area contributed by atoms with Crippen LogP contribution in [0.25, 0.3) is 0 Å². The summed E-state index contributed by atoms with van der Waals surface area (Å²) in [4.78, 5) is 24.0. The number of hydrogen-bond donors (Lipinski definition) is 1. The molecule has 1 fully saturated rings. The number of nitrogens with zero attached hydrogens (tertiary/aromatic N) is 1. The van der Waals surface area contributed by atoms with Gasteiger partial charge in [-0.05, 0) is 43.4 Å². The Balaban J connectivity index is 2.05. The summed E-state index contributed by atoms with van der Waals surface area (Å²) in [5.41, 5.74) is 1.64. The molecule has 1 saturated heterocycles. The Morgan fingerprint density at radius 1 is 1.35 bits per heavy atom. The van der Waals surface area contributed by atoms with Gasteiger partial charge in [-0.2, -0.15) is 0 Å². The zero-order valence-electron chi connectivity index (χ0n) is 11.5. The number of carbonyl (C=O) groups excluding carboxylic acids is 1.